The van der Waals surface area contributed by atoms with Crippen LogP contribution in [0.2, 0.25) is 5.02 Å². The number of anilines is 1. The van der Waals surface area contributed by atoms with E-state index in [1.807, 2.05) is 20.8 Å². The number of carbonyl (C=O) groups is 3. The summed E-state index contributed by atoms with van der Waals surface area (Å²) in [6, 6.07) is 4.75. The van der Waals surface area contributed by atoms with Crippen LogP contribution >= 0.6 is 11.6 Å². The lowest BCUT2D eigenvalue weighted by Gasteiger charge is -2.21. The maximum atomic E-state index is 12.8. The Balaban J connectivity index is 2.16. The lowest BCUT2D eigenvalue weighted by atomic mass is 9.90. The Morgan fingerprint density at radius 3 is 2.50 bits per heavy atom. The molecule has 1 aliphatic rings. The molecule has 6 nitrogen and oxygen atoms in total. The van der Waals surface area contributed by atoms with Crippen molar-refractivity contribution < 1.29 is 19.5 Å². The van der Waals surface area contributed by atoms with Crippen molar-refractivity contribution in [3.63, 3.8) is 0 Å². The Labute approximate surface area is 158 Å². The highest BCUT2D eigenvalue weighted by Crippen LogP contribution is 2.32. The minimum absolute atomic E-state index is 0.137. The summed E-state index contributed by atoms with van der Waals surface area (Å²) in [5.41, 5.74) is -0.339. The van der Waals surface area contributed by atoms with E-state index in [1.165, 1.54) is 4.90 Å². The summed E-state index contributed by atoms with van der Waals surface area (Å²) in [6.07, 6.45) is 0.746. The molecule has 0 bridgehead atoms. The van der Waals surface area contributed by atoms with Gasteiger partial charge in [-0.2, -0.15) is 0 Å². The molecule has 26 heavy (non-hydrogen) atoms. The quantitative estimate of drug-likeness (QED) is 0.834. The molecular formula is C19H25ClN2O4. The van der Waals surface area contributed by atoms with Crippen LogP contribution in [0.1, 0.15) is 50.9 Å². The molecule has 142 valence electrons. The van der Waals surface area contributed by atoms with Crippen molar-refractivity contribution in [3.8, 4) is 0 Å². The van der Waals surface area contributed by atoms with E-state index in [9.17, 15) is 19.5 Å². The number of carbonyl (C=O) groups excluding carboxylic acids is 2. The standard InChI is InChI=1S/C19H25ClN2O4/c1-18(2,3)10-15(23)21-12-5-6-14(20)13(9-12)16(24)22-8-7-19(4,11-22)17(25)26/h5-6,9H,7-8,10-11H2,1-4H3,(H,21,23)(H,25,26). The normalized spacial score (nSPS) is 20.1. The monoisotopic (exact) mass is 380 g/mol. The van der Waals surface area contributed by atoms with Crippen LogP contribution in [-0.4, -0.2) is 40.9 Å². The Hall–Kier alpha value is -2.08. The first-order valence-corrected chi connectivity index (χ1v) is 8.91. The Kier molecular flexibility index (Phi) is 5.66. The minimum Gasteiger partial charge on any atom is -0.481 e. The van der Waals surface area contributed by atoms with Crippen molar-refractivity contribution in [2.45, 2.75) is 40.5 Å². The van der Waals surface area contributed by atoms with Crippen molar-refractivity contribution >= 4 is 35.1 Å². The van der Waals surface area contributed by atoms with Crippen LogP contribution in [0.4, 0.5) is 5.69 Å². The van der Waals surface area contributed by atoms with Gasteiger partial charge in [-0.3, -0.25) is 14.4 Å². The van der Waals surface area contributed by atoms with E-state index in [0.29, 0.717) is 25.1 Å². The molecule has 7 heteroatoms. The van der Waals surface area contributed by atoms with E-state index >= 15 is 0 Å². The maximum absolute atomic E-state index is 12.8. The SMILES string of the molecule is CC(C)(C)CC(=O)Nc1ccc(Cl)c(C(=O)N2CCC(C)(C(=O)O)C2)c1. The molecule has 2 rings (SSSR count). The van der Waals surface area contributed by atoms with E-state index in [-0.39, 0.29) is 34.4 Å². The van der Waals surface area contributed by atoms with Crippen LogP contribution in [-0.2, 0) is 9.59 Å². The fourth-order valence-corrected chi connectivity index (χ4v) is 3.13. The molecule has 1 unspecified atom stereocenters. The largest absolute Gasteiger partial charge is 0.481 e. The fourth-order valence-electron chi connectivity index (χ4n) is 2.93. The zero-order chi connectivity index (χ0) is 19.7. The number of rotatable bonds is 4. The lowest BCUT2D eigenvalue weighted by Crippen LogP contribution is -2.35. The number of hydrogen-bond acceptors (Lipinski definition) is 3. The molecule has 0 spiro atoms. The summed E-state index contributed by atoms with van der Waals surface area (Å²) in [6.45, 7) is 8.03. The molecule has 0 radical (unpaired) electrons. The third-order valence-electron chi connectivity index (χ3n) is 4.45. The van der Waals surface area contributed by atoms with Gasteiger partial charge in [0.1, 0.15) is 0 Å². The summed E-state index contributed by atoms with van der Waals surface area (Å²) in [7, 11) is 0. The third-order valence-corrected chi connectivity index (χ3v) is 4.78. The average Bonchev–Trinajstić information content (AvgIpc) is 2.90. The third kappa shape index (κ3) is 4.75. The highest BCUT2D eigenvalue weighted by Gasteiger charge is 2.42. The van der Waals surface area contributed by atoms with Gasteiger partial charge in [0.15, 0.2) is 0 Å². The summed E-state index contributed by atoms with van der Waals surface area (Å²) in [5, 5.41) is 12.4. The summed E-state index contributed by atoms with van der Waals surface area (Å²) >= 11 is 6.17. The number of amides is 2. The first-order valence-electron chi connectivity index (χ1n) is 8.53. The molecule has 1 aromatic carbocycles. The van der Waals surface area contributed by atoms with E-state index in [0.717, 1.165) is 0 Å². The van der Waals surface area contributed by atoms with E-state index in [2.05, 4.69) is 5.32 Å². The number of benzene rings is 1. The molecule has 2 N–H and O–H groups in total. The number of carboxylic acid groups (broad SMARTS) is 1. The van der Waals surface area contributed by atoms with Gasteiger partial charge in [0.25, 0.3) is 5.91 Å². The maximum Gasteiger partial charge on any atom is 0.311 e. The Morgan fingerprint density at radius 2 is 1.96 bits per heavy atom. The molecule has 1 saturated heterocycles. The molecule has 0 aromatic heterocycles. The first-order chi connectivity index (χ1) is 11.9. The minimum atomic E-state index is -0.944. The van der Waals surface area contributed by atoms with Crippen molar-refractivity contribution in [1.29, 1.82) is 0 Å². The number of nitrogens with zero attached hydrogens (tertiary/aromatic N) is 1. The van der Waals surface area contributed by atoms with E-state index in [1.54, 1.807) is 25.1 Å². The Bertz CT molecular complexity index is 742. The number of halogens is 1. The highest BCUT2D eigenvalue weighted by molar-refractivity contribution is 6.34. The van der Waals surface area contributed by atoms with Crippen molar-refractivity contribution in [1.82, 2.24) is 4.90 Å². The fraction of sp³-hybridized carbons (Fsp3) is 0.526. The van der Waals surface area contributed by atoms with Crippen LogP contribution in [0.25, 0.3) is 0 Å². The molecule has 0 saturated carbocycles. The van der Waals surface area contributed by atoms with Crippen LogP contribution in [0.15, 0.2) is 18.2 Å². The first kappa shape index (κ1) is 20.2. The molecule has 2 amide bonds. The number of hydrogen-bond donors (Lipinski definition) is 2. The molecule has 1 aliphatic heterocycles. The highest BCUT2D eigenvalue weighted by atomic mass is 35.5. The van der Waals surface area contributed by atoms with Gasteiger partial charge in [-0.25, -0.2) is 0 Å². The zero-order valence-electron chi connectivity index (χ0n) is 15.6. The second-order valence-electron chi connectivity index (χ2n) is 8.32. The van der Waals surface area contributed by atoms with Crippen molar-refractivity contribution in [3.05, 3.63) is 28.8 Å². The lowest BCUT2D eigenvalue weighted by molar-refractivity contribution is -0.147. The van der Waals surface area contributed by atoms with Gasteiger partial charge in [-0.15, -0.1) is 0 Å². The predicted molar refractivity (Wildman–Crippen MR) is 100 cm³/mol. The second-order valence-corrected chi connectivity index (χ2v) is 8.73. The van der Waals surface area contributed by atoms with Gasteiger partial charge in [0.05, 0.1) is 16.0 Å². The summed E-state index contributed by atoms with van der Waals surface area (Å²) < 4.78 is 0. The molecular weight excluding hydrogens is 356 g/mol. The van der Waals surface area contributed by atoms with E-state index in [4.69, 9.17) is 11.6 Å². The van der Waals surface area contributed by atoms with Crippen LogP contribution in [0.3, 0.4) is 0 Å². The molecule has 1 heterocycles. The summed E-state index contributed by atoms with van der Waals surface area (Å²) in [5.74, 6) is -1.38. The van der Waals surface area contributed by atoms with Crippen LogP contribution < -0.4 is 5.32 Å². The average molecular weight is 381 g/mol. The van der Waals surface area contributed by atoms with Gasteiger partial charge < -0.3 is 15.3 Å². The second kappa shape index (κ2) is 7.27. The van der Waals surface area contributed by atoms with Crippen LogP contribution in [0, 0.1) is 10.8 Å². The smallest absolute Gasteiger partial charge is 0.311 e. The van der Waals surface area contributed by atoms with Crippen molar-refractivity contribution in [2.75, 3.05) is 18.4 Å². The van der Waals surface area contributed by atoms with E-state index < -0.39 is 11.4 Å². The van der Waals surface area contributed by atoms with Gasteiger partial charge in [-0.05, 0) is 37.0 Å². The topological polar surface area (TPSA) is 86.7 Å². The van der Waals surface area contributed by atoms with Crippen molar-refractivity contribution in [2.24, 2.45) is 10.8 Å². The number of aliphatic carboxylic acids is 1. The predicted octanol–water partition coefficient (Wildman–Crippen LogP) is 3.65. The number of likely N-dealkylation sites (tertiary alicyclic amines) is 1. The van der Waals surface area contributed by atoms with Gasteiger partial charge in [-0.1, -0.05) is 32.4 Å². The molecule has 1 fully saturated rings. The summed E-state index contributed by atoms with van der Waals surface area (Å²) in [4.78, 5) is 37.8. The van der Waals surface area contributed by atoms with Crippen LogP contribution in [0.5, 0.6) is 0 Å². The van der Waals surface area contributed by atoms with Gasteiger partial charge in [0.2, 0.25) is 5.91 Å². The zero-order valence-corrected chi connectivity index (χ0v) is 16.3. The molecule has 0 aliphatic carbocycles. The van der Waals surface area contributed by atoms with Gasteiger partial charge in [0, 0.05) is 25.2 Å². The molecule has 1 aromatic rings. The number of nitrogens with one attached hydrogen (secondary N) is 1. The number of carboxylic acids is 1. The molecule has 1 atom stereocenters. The van der Waals surface area contributed by atoms with Gasteiger partial charge >= 0.3 is 5.97 Å². The Morgan fingerprint density at radius 1 is 1.31 bits per heavy atom.